The molecule has 0 saturated carbocycles. The molecule has 0 radical (unpaired) electrons. The average Bonchev–Trinajstić information content (AvgIpc) is 2.57. The summed E-state index contributed by atoms with van der Waals surface area (Å²) in [4.78, 5) is 12.3. The van der Waals surface area contributed by atoms with Gasteiger partial charge in [0, 0.05) is 5.69 Å². The third kappa shape index (κ3) is 5.49. The van der Waals surface area contributed by atoms with Crippen LogP contribution in [0.5, 0.6) is 5.75 Å². The van der Waals surface area contributed by atoms with E-state index in [0.717, 1.165) is 5.56 Å². The first-order valence-electron chi connectivity index (χ1n) is 8.35. The van der Waals surface area contributed by atoms with Crippen LogP contribution in [0.25, 0.3) is 0 Å². The standard InChI is InChI=1S/C19H24N2O4S/c1-5-26(23,24)21-18-10-9-16(12-14(18)3)20-19(22)15(4)25-17-8-6-7-13(2)11-17/h6-12,15,21H,5H2,1-4H3,(H,20,22). The molecule has 2 rings (SSSR count). The number of aryl methyl sites for hydroxylation is 2. The highest BCUT2D eigenvalue weighted by Gasteiger charge is 2.16. The third-order valence-corrected chi connectivity index (χ3v) is 5.10. The summed E-state index contributed by atoms with van der Waals surface area (Å²) in [5.74, 6) is 0.347. The largest absolute Gasteiger partial charge is 0.481 e. The maximum Gasteiger partial charge on any atom is 0.265 e. The molecule has 0 aliphatic rings. The smallest absolute Gasteiger partial charge is 0.265 e. The SMILES string of the molecule is CCS(=O)(=O)Nc1ccc(NC(=O)C(C)Oc2cccc(C)c2)cc1C. The number of hydrogen-bond acceptors (Lipinski definition) is 4. The van der Waals surface area contributed by atoms with Crippen molar-refractivity contribution in [2.24, 2.45) is 0 Å². The number of rotatable bonds is 7. The van der Waals surface area contributed by atoms with Crippen LogP contribution in [-0.4, -0.2) is 26.2 Å². The summed E-state index contributed by atoms with van der Waals surface area (Å²) in [6, 6.07) is 12.5. The molecule has 0 heterocycles. The van der Waals surface area contributed by atoms with Crippen molar-refractivity contribution >= 4 is 27.3 Å². The molecule has 2 N–H and O–H groups in total. The number of benzene rings is 2. The molecule has 2 aromatic carbocycles. The number of hydrogen-bond donors (Lipinski definition) is 2. The van der Waals surface area contributed by atoms with E-state index >= 15 is 0 Å². The van der Waals surface area contributed by atoms with Gasteiger partial charge in [0.1, 0.15) is 5.75 Å². The first kappa shape index (κ1) is 19.8. The van der Waals surface area contributed by atoms with Crippen LogP contribution in [0.15, 0.2) is 42.5 Å². The van der Waals surface area contributed by atoms with Gasteiger partial charge in [-0.15, -0.1) is 0 Å². The lowest BCUT2D eigenvalue weighted by Gasteiger charge is -2.16. The van der Waals surface area contributed by atoms with E-state index in [-0.39, 0.29) is 11.7 Å². The zero-order chi connectivity index (χ0) is 19.3. The fourth-order valence-electron chi connectivity index (χ4n) is 2.29. The van der Waals surface area contributed by atoms with Gasteiger partial charge in [-0.2, -0.15) is 0 Å². The summed E-state index contributed by atoms with van der Waals surface area (Å²) in [6.07, 6.45) is -0.671. The van der Waals surface area contributed by atoms with Crippen LogP contribution >= 0.6 is 0 Å². The first-order chi connectivity index (χ1) is 12.2. The molecule has 26 heavy (non-hydrogen) atoms. The van der Waals surface area contributed by atoms with Gasteiger partial charge < -0.3 is 10.1 Å². The molecule has 1 amide bonds. The van der Waals surface area contributed by atoms with Gasteiger partial charge in [-0.1, -0.05) is 12.1 Å². The lowest BCUT2D eigenvalue weighted by atomic mass is 10.2. The summed E-state index contributed by atoms with van der Waals surface area (Å²) >= 11 is 0. The maximum absolute atomic E-state index is 12.3. The van der Waals surface area contributed by atoms with Gasteiger partial charge in [0.25, 0.3) is 5.91 Å². The molecule has 0 spiro atoms. The number of nitrogens with one attached hydrogen (secondary N) is 2. The van der Waals surface area contributed by atoms with E-state index in [9.17, 15) is 13.2 Å². The van der Waals surface area contributed by atoms with E-state index in [1.807, 2.05) is 25.1 Å². The van der Waals surface area contributed by atoms with Crippen LogP contribution in [-0.2, 0) is 14.8 Å². The Kier molecular flexibility index (Phi) is 6.26. The summed E-state index contributed by atoms with van der Waals surface area (Å²) in [5, 5.41) is 2.78. The van der Waals surface area contributed by atoms with Crippen LogP contribution in [0.3, 0.4) is 0 Å². The summed E-state index contributed by atoms with van der Waals surface area (Å²) in [6.45, 7) is 6.97. The number of carbonyl (C=O) groups excluding carboxylic acids is 1. The highest BCUT2D eigenvalue weighted by Crippen LogP contribution is 2.21. The van der Waals surface area contributed by atoms with E-state index in [1.165, 1.54) is 0 Å². The molecule has 0 bridgehead atoms. The second-order valence-corrected chi connectivity index (χ2v) is 8.11. The molecule has 140 valence electrons. The highest BCUT2D eigenvalue weighted by molar-refractivity contribution is 7.92. The van der Waals surface area contributed by atoms with Crippen molar-refractivity contribution in [1.82, 2.24) is 0 Å². The normalized spacial score (nSPS) is 12.3. The van der Waals surface area contributed by atoms with Gasteiger partial charge >= 0.3 is 0 Å². The number of carbonyl (C=O) groups is 1. The van der Waals surface area contributed by atoms with Crippen LogP contribution in [0.2, 0.25) is 0 Å². The van der Waals surface area contributed by atoms with Gasteiger partial charge in [0.05, 0.1) is 11.4 Å². The van der Waals surface area contributed by atoms with Gasteiger partial charge in [0.2, 0.25) is 10.0 Å². The molecule has 2 aromatic rings. The van der Waals surface area contributed by atoms with E-state index in [4.69, 9.17) is 4.74 Å². The maximum atomic E-state index is 12.3. The minimum Gasteiger partial charge on any atom is -0.481 e. The minimum atomic E-state index is -3.34. The fraction of sp³-hybridized carbons (Fsp3) is 0.316. The molecule has 0 fully saturated rings. The summed E-state index contributed by atoms with van der Waals surface area (Å²) < 4.78 is 31.5. The van der Waals surface area contributed by atoms with Crippen molar-refractivity contribution in [2.45, 2.75) is 33.8 Å². The Balaban J connectivity index is 2.03. The lowest BCUT2D eigenvalue weighted by molar-refractivity contribution is -0.122. The number of anilines is 2. The molecular formula is C19H24N2O4S. The molecule has 0 saturated heterocycles. The molecule has 1 unspecified atom stereocenters. The highest BCUT2D eigenvalue weighted by atomic mass is 32.2. The Morgan fingerprint density at radius 2 is 1.88 bits per heavy atom. The predicted molar refractivity (Wildman–Crippen MR) is 104 cm³/mol. The minimum absolute atomic E-state index is 0.00125. The van der Waals surface area contributed by atoms with Crippen molar-refractivity contribution in [3.63, 3.8) is 0 Å². The molecular weight excluding hydrogens is 352 g/mol. The monoisotopic (exact) mass is 376 g/mol. The van der Waals surface area contributed by atoms with Gasteiger partial charge in [-0.3, -0.25) is 9.52 Å². The van der Waals surface area contributed by atoms with Crippen molar-refractivity contribution in [1.29, 1.82) is 0 Å². The molecule has 0 aliphatic heterocycles. The van der Waals surface area contributed by atoms with Crippen molar-refractivity contribution in [3.8, 4) is 5.75 Å². The Hall–Kier alpha value is -2.54. The van der Waals surface area contributed by atoms with E-state index in [2.05, 4.69) is 10.0 Å². The van der Waals surface area contributed by atoms with Crippen LogP contribution < -0.4 is 14.8 Å². The van der Waals surface area contributed by atoms with Gasteiger partial charge in [-0.05, 0) is 69.2 Å². The molecule has 7 heteroatoms. The Bertz CT molecular complexity index is 894. The molecule has 1 atom stereocenters. The van der Waals surface area contributed by atoms with E-state index in [0.29, 0.717) is 22.7 Å². The van der Waals surface area contributed by atoms with Crippen LogP contribution in [0.4, 0.5) is 11.4 Å². The zero-order valence-electron chi connectivity index (χ0n) is 15.4. The second-order valence-electron chi connectivity index (χ2n) is 6.10. The van der Waals surface area contributed by atoms with Gasteiger partial charge in [-0.25, -0.2) is 8.42 Å². The van der Waals surface area contributed by atoms with E-state index in [1.54, 1.807) is 45.0 Å². The number of sulfonamides is 1. The topological polar surface area (TPSA) is 84.5 Å². The van der Waals surface area contributed by atoms with Crippen molar-refractivity contribution in [2.75, 3.05) is 15.8 Å². The molecule has 6 nitrogen and oxygen atoms in total. The quantitative estimate of drug-likeness (QED) is 0.775. The third-order valence-electron chi connectivity index (χ3n) is 3.81. The Labute approximate surface area is 154 Å². The Morgan fingerprint density at radius 3 is 2.50 bits per heavy atom. The van der Waals surface area contributed by atoms with Crippen molar-refractivity contribution < 1.29 is 17.9 Å². The predicted octanol–water partition coefficient (Wildman–Crippen LogP) is 3.47. The van der Waals surface area contributed by atoms with Crippen LogP contribution in [0.1, 0.15) is 25.0 Å². The van der Waals surface area contributed by atoms with Crippen molar-refractivity contribution in [3.05, 3.63) is 53.6 Å². The molecule has 0 aliphatic carbocycles. The average molecular weight is 376 g/mol. The summed E-state index contributed by atoms with van der Waals surface area (Å²) in [5.41, 5.74) is 2.84. The van der Waals surface area contributed by atoms with E-state index < -0.39 is 16.1 Å². The lowest BCUT2D eigenvalue weighted by Crippen LogP contribution is -2.30. The fourth-order valence-corrected chi connectivity index (χ4v) is 2.99. The number of amides is 1. The van der Waals surface area contributed by atoms with Crippen LogP contribution in [0, 0.1) is 13.8 Å². The number of ether oxygens (including phenoxy) is 1. The summed E-state index contributed by atoms with van der Waals surface area (Å²) in [7, 11) is -3.34. The second kappa shape index (κ2) is 8.23. The molecule has 0 aromatic heterocycles. The first-order valence-corrected chi connectivity index (χ1v) is 10.0. The Morgan fingerprint density at radius 1 is 1.15 bits per heavy atom. The van der Waals surface area contributed by atoms with Gasteiger partial charge in [0.15, 0.2) is 6.10 Å². The zero-order valence-corrected chi connectivity index (χ0v) is 16.2.